The van der Waals surface area contributed by atoms with Crippen molar-refractivity contribution in [2.24, 2.45) is 22.9 Å². The minimum Gasteiger partial charge on any atom is -0.481 e. The first-order valence-electron chi connectivity index (χ1n) is 20.8. The molecular formula is C38H70N12O12. The molecule has 0 saturated carbocycles. The van der Waals surface area contributed by atoms with Crippen molar-refractivity contribution in [3.05, 3.63) is 0 Å². The van der Waals surface area contributed by atoms with Crippen molar-refractivity contribution in [1.82, 2.24) is 42.5 Å². The molecule has 9 atom stereocenters. The molecule has 0 heterocycles. The SMILES string of the molecule is C[C@H](NC(=O)[C@H](C)NC(=O)[C@H](CCC(=O)O)NC(=O)[C@H](C)NC(=O)[C@@H](N)CCCCN)C(=O)N[C@@H](C)C(=O)N[C@@H](CCCCN)C(=O)N[C@@H](C)C(=O)N[C@@H](CCCCN)C(=O)O. The summed E-state index contributed by atoms with van der Waals surface area (Å²) in [5, 5.41) is 38.1. The molecule has 354 valence electrons. The van der Waals surface area contributed by atoms with Crippen molar-refractivity contribution in [3.63, 3.8) is 0 Å². The molecule has 0 spiro atoms. The third-order valence-electron chi connectivity index (χ3n) is 9.49. The van der Waals surface area contributed by atoms with Crippen LogP contribution >= 0.6 is 0 Å². The molecule has 0 radical (unpaired) electrons. The van der Waals surface area contributed by atoms with Gasteiger partial charge in [-0.15, -0.1) is 0 Å². The fraction of sp³-hybridized carbons (Fsp3) is 0.737. The van der Waals surface area contributed by atoms with Gasteiger partial charge in [-0.25, -0.2) is 4.79 Å². The van der Waals surface area contributed by atoms with E-state index in [0.717, 1.165) is 0 Å². The molecule has 8 amide bonds. The number of nitrogens with two attached hydrogens (primary N) is 4. The van der Waals surface area contributed by atoms with Crippen molar-refractivity contribution < 1.29 is 58.2 Å². The highest BCUT2D eigenvalue weighted by Gasteiger charge is 2.31. The largest absolute Gasteiger partial charge is 0.481 e. The second-order valence-electron chi connectivity index (χ2n) is 15.1. The zero-order valence-corrected chi connectivity index (χ0v) is 36.4. The van der Waals surface area contributed by atoms with Crippen LogP contribution < -0.4 is 65.5 Å². The monoisotopic (exact) mass is 887 g/mol. The Bertz CT molecular complexity index is 1520. The molecule has 0 fully saturated rings. The molecule has 0 saturated heterocycles. The lowest BCUT2D eigenvalue weighted by atomic mass is 10.1. The smallest absolute Gasteiger partial charge is 0.326 e. The van der Waals surface area contributed by atoms with E-state index in [1.807, 2.05) is 0 Å². The summed E-state index contributed by atoms with van der Waals surface area (Å²) in [7, 11) is 0. The summed E-state index contributed by atoms with van der Waals surface area (Å²) in [6.07, 6.45) is 2.84. The summed E-state index contributed by atoms with van der Waals surface area (Å²) in [5.74, 6) is -8.85. The van der Waals surface area contributed by atoms with Crippen molar-refractivity contribution in [3.8, 4) is 0 Å². The number of nitrogens with one attached hydrogen (secondary N) is 8. The van der Waals surface area contributed by atoms with Gasteiger partial charge < -0.3 is 75.7 Å². The van der Waals surface area contributed by atoms with E-state index in [4.69, 9.17) is 22.9 Å². The van der Waals surface area contributed by atoms with Gasteiger partial charge in [-0.2, -0.15) is 0 Å². The van der Waals surface area contributed by atoms with Gasteiger partial charge in [0.05, 0.1) is 6.04 Å². The van der Waals surface area contributed by atoms with Gasteiger partial charge in [0.2, 0.25) is 47.3 Å². The second-order valence-corrected chi connectivity index (χ2v) is 15.1. The van der Waals surface area contributed by atoms with E-state index in [0.29, 0.717) is 64.6 Å². The first kappa shape index (κ1) is 56.5. The van der Waals surface area contributed by atoms with E-state index in [1.54, 1.807) is 0 Å². The van der Waals surface area contributed by atoms with E-state index in [9.17, 15) is 58.2 Å². The van der Waals surface area contributed by atoms with E-state index < -0.39 is 120 Å². The van der Waals surface area contributed by atoms with E-state index in [-0.39, 0.29) is 19.3 Å². The molecule has 0 aliphatic heterocycles. The summed E-state index contributed by atoms with van der Waals surface area (Å²) in [4.78, 5) is 126. The number of carboxylic acid groups (broad SMARTS) is 2. The molecule has 0 aromatic heterocycles. The molecule has 24 heteroatoms. The molecule has 0 aliphatic rings. The van der Waals surface area contributed by atoms with Gasteiger partial charge in [-0.05, 0) is 112 Å². The van der Waals surface area contributed by atoms with Crippen LogP contribution in [0.2, 0.25) is 0 Å². The van der Waals surface area contributed by atoms with Crippen LogP contribution in [0.25, 0.3) is 0 Å². The summed E-state index contributed by atoms with van der Waals surface area (Å²) in [6, 6.07) is -10.9. The molecule has 18 N–H and O–H groups in total. The van der Waals surface area contributed by atoms with Crippen LogP contribution in [-0.4, -0.2) is 143 Å². The number of hydrogen-bond acceptors (Lipinski definition) is 14. The Morgan fingerprint density at radius 3 is 1.03 bits per heavy atom. The third kappa shape index (κ3) is 22.9. The number of carboxylic acids is 2. The van der Waals surface area contributed by atoms with Gasteiger partial charge >= 0.3 is 11.9 Å². The average Bonchev–Trinajstić information content (AvgIpc) is 3.20. The number of amides is 8. The van der Waals surface area contributed by atoms with E-state index >= 15 is 0 Å². The molecule has 0 aliphatic carbocycles. The Hall–Kier alpha value is -5.46. The van der Waals surface area contributed by atoms with Crippen LogP contribution in [0.1, 0.15) is 105 Å². The Labute approximate surface area is 361 Å². The number of hydrogen-bond donors (Lipinski definition) is 14. The predicted octanol–water partition coefficient (Wildman–Crippen LogP) is -4.37. The average molecular weight is 887 g/mol. The number of aliphatic carboxylic acids is 2. The highest BCUT2D eigenvalue weighted by molar-refractivity contribution is 5.97. The lowest BCUT2D eigenvalue weighted by molar-refractivity contribution is -0.142. The highest BCUT2D eigenvalue weighted by atomic mass is 16.4. The van der Waals surface area contributed by atoms with Gasteiger partial charge in [-0.3, -0.25) is 43.2 Å². The minimum atomic E-state index is -1.44. The minimum absolute atomic E-state index is 0.109. The van der Waals surface area contributed by atoms with Crippen molar-refractivity contribution >= 4 is 59.2 Å². The first-order chi connectivity index (χ1) is 29.1. The Kier molecular flexibility index (Phi) is 27.9. The second kappa shape index (κ2) is 30.5. The van der Waals surface area contributed by atoms with Gasteiger partial charge in [0.15, 0.2) is 0 Å². The quantitative estimate of drug-likeness (QED) is 0.0284. The van der Waals surface area contributed by atoms with Crippen molar-refractivity contribution in [2.45, 2.75) is 160 Å². The Balaban J connectivity index is 5.46. The molecular weight excluding hydrogens is 816 g/mol. The summed E-state index contributed by atoms with van der Waals surface area (Å²) < 4.78 is 0. The Morgan fingerprint density at radius 1 is 0.387 bits per heavy atom. The summed E-state index contributed by atoms with van der Waals surface area (Å²) >= 11 is 0. The third-order valence-corrected chi connectivity index (χ3v) is 9.49. The first-order valence-corrected chi connectivity index (χ1v) is 20.8. The van der Waals surface area contributed by atoms with Gasteiger partial charge in [0.1, 0.15) is 48.3 Å². The molecule has 0 aromatic rings. The maximum Gasteiger partial charge on any atom is 0.326 e. The van der Waals surface area contributed by atoms with Gasteiger partial charge in [0.25, 0.3) is 0 Å². The van der Waals surface area contributed by atoms with Crippen LogP contribution in [0, 0.1) is 0 Å². The fourth-order valence-electron chi connectivity index (χ4n) is 5.53. The lowest BCUT2D eigenvalue weighted by Crippen LogP contribution is -2.59. The maximum atomic E-state index is 13.2. The van der Waals surface area contributed by atoms with Gasteiger partial charge in [-0.1, -0.05) is 6.42 Å². The number of carbonyl (C=O) groups is 10. The number of carbonyl (C=O) groups excluding carboxylic acids is 8. The zero-order valence-electron chi connectivity index (χ0n) is 36.4. The van der Waals surface area contributed by atoms with E-state index in [1.165, 1.54) is 34.6 Å². The molecule has 24 nitrogen and oxygen atoms in total. The zero-order chi connectivity index (χ0) is 47.5. The van der Waals surface area contributed by atoms with Crippen LogP contribution in [0.3, 0.4) is 0 Å². The van der Waals surface area contributed by atoms with Crippen molar-refractivity contribution in [1.29, 1.82) is 0 Å². The maximum absolute atomic E-state index is 13.2. The molecule has 0 aromatic carbocycles. The molecule has 0 unspecified atom stereocenters. The van der Waals surface area contributed by atoms with Crippen LogP contribution in [0.15, 0.2) is 0 Å². The van der Waals surface area contributed by atoms with Gasteiger partial charge in [0, 0.05) is 6.42 Å². The molecule has 0 bridgehead atoms. The van der Waals surface area contributed by atoms with Crippen LogP contribution in [0.5, 0.6) is 0 Å². The lowest BCUT2D eigenvalue weighted by Gasteiger charge is -2.25. The summed E-state index contributed by atoms with van der Waals surface area (Å²) in [5.41, 5.74) is 22.4. The fourth-order valence-corrected chi connectivity index (χ4v) is 5.53. The van der Waals surface area contributed by atoms with Crippen LogP contribution in [-0.2, 0) is 47.9 Å². The highest BCUT2D eigenvalue weighted by Crippen LogP contribution is 2.06. The summed E-state index contributed by atoms with van der Waals surface area (Å²) in [6.45, 7) is 7.66. The Morgan fingerprint density at radius 2 is 0.677 bits per heavy atom. The molecule has 0 rings (SSSR count). The number of rotatable bonds is 32. The normalized spacial score (nSPS) is 15.3. The van der Waals surface area contributed by atoms with Crippen LogP contribution in [0.4, 0.5) is 0 Å². The standard InChI is InChI=1S/C38H70N12O12/c1-20(43-31(54)21(2)46-37(60)27(15-16-29(51)52)49-33(56)23(4)45-35(58)25(42)12-6-9-17-39)30(53)44-22(3)32(55)48-26(13-7-10-18-40)36(59)47-24(5)34(57)50-28(38(61)62)14-8-11-19-41/h20-28H,6-19,39-42H2,1-5H3,(H,43,54)(H,44,53)(H,45,58)(H,46,60)(H,47,59)(H,48,55)(H,49,56)(H,50,57)(H,51,52)(H,61,62)/t20-,21-,22-,23-,24-,25-,26-,27-,28-/m0/s1. The molecule has 62 heavy (non-hydrogen) atoms. The predicted molar refractivity (Wildman–Crippen MR) is 225 cm³/mol. The number of unbranched alkanes of at least 4 members (excludes halogenated alkanes) is 3. The van der Waals surface area contributed by atoms with Crippen molar-refractivity contribution in [2.75, 3.05) is 19.6 Å². The van der Waals surface area contributed by atoms with E-state index in [2.05, 4.69) is 42.5 Å². The topological polar surface area (TPSA) is 411 Å².